The SMILES string of the molecule is CCNC(CN(C)Cc1ccncc1)C1CCCCC1. The van der Waals surface area contributed by atoms with Crippen LogP contribution in [-0.4, -0.2) is 36.1 Å². The first-order chi connectivity index (χ1) is 9.79. The molecule has 1 heterocycles. The molecule has 112 valence electrons. The molecular formula is C17H29N3. The highest BCUT2D eigenvalue weighted by Gasteiger charge is 2.23. The molecule has 1 unspecified atom stereocenters. The van der Waals surface area contributed by atoms with Crippen molar-refractivity contribution in [3.63, 3.8) is 0 Å². The van der Waals surface area contributed by atoms with Crippen molar-refractivity contribution in [3.8, 4) is 0 Å². The molecule has 3 nitrogen and oxygen atoms in total. The molecule has 3 heteroatoms. The number of hydrogen-bond acceptors (Lipinski definition) is 3. The van der Waals surface area contributed by atoms with E-state index in [1.165, 1.54) is 37.7 Å². The lowest BCUT2D eigenvalue weighted by Gasteiger charge is -2.33. The third kappa shape index (κ3) is 4.88. The van der Waals surface area contributed by atoms with Gasteiger partial charge in [-0.05, 0) is 50.0 Å². The molecular weight excluding hydrogens is 246 g/mol. The Bertz CT molecular complexity index is 360. The highest BCUT2D eigenvalue weighted by atomic mass is 15.1. The van der Waals surface area contributed by atoms with E-state index in [4.69, 9.17) is 0 Å². The minimum absolute atomic E-state index is 0.645. The average molecular weight is 275 g/mol. The zero-order chi connectivity index (χ0) is 14.2. The van der Waals surface area contributed by atoms with E-state index in [9.17, 15) is 0 Å². The summed E-state index contributed by atoms with van der Waals surface area (Å²) in [7, 11) is 2.23. The molecule has 0 aromatic carbocycles. The number of nitrogens with zero attached hydrogens (tertiary/aromatic N) is 2. The van der Waals surface area contributed by atoms with E-state index in [1.54, 1.807) is 0 Å². The van der Waals surface area contributed by atoms with E-state index >= 15 is 0 Å². The number of likely N-dealkylation sites (N-methyl/N-ethyl adjacent to an activating group) is 2. The first-order valence-corrected chi connectivity index (χ1v) is 8.10. The summed E-state index contributed by atoms with van der Waals surface area (Å²) < 4.78 is 0. The molecule has 1 fully saturated rings. The van der Waals surface area contributed by atoms with Crippen LogP contribution in [0.25, 0.3) is 0 Å². The Hall–Kier alpha value is -0.930. The summed E-state index contributed by atoms with van der Waals surface area (Å²) in [5.41, 5.74) is 1.35. The molecule has 1 aliphatic carbocycles. The summed E-state index contributed by atoms with van der Waals surface area (Å²) in [4.78, 5) is 6.53. The number of rotatable bonds is 7. The Morgan fingerprint density at radius 2 is 1.95 bits per heavy atom. The van der Waals surface area contributed by atoms with Gasteiger partial charge in [0.15, 0.2) is 0 Å². The summed E-state index contributed by atoms with van der Waals surface area (Å²) in [5, 5.41) is 3.71. The maximum Gasteiger partial charge on any atom is 0.0271 e. The van der Waals surface area contributed by atoms with Gasteiger partial charge in [-0.15, -0.1) is 0 Å². The van der Waals surface area contributed by atoms with Gasteiger partial charge in [-0.3, -0.25) is 4.98 Å². The number of nitrogens with one attached hydrogen (secondary N) is 1. The quantitative estimate of drug-likeness (QED) is 0.829. The fraction of sp³-hybridized carbons (Fsp3) is 0.706. The lowest BCUT2D eigenvalue weighted by Crippen LogP contribution is -2.45. The monoisotopic (exact) mass is 275 g/mol. The van der Waals surface area contributed by atoms with Gasteiger partial charge in [-0.2, -0.15) is 0 Å². The largest absolute Gasteiger partial charge is 0.313 e. The topological polar surface area (TPSA) is 28.2 Å². The standard InChI is InChI=1S/C17H29N3/c1-3-19-17(16-7-5-4-6-8-16)14-20(2)13-15-9-11-18-12-10-15/h9-12,16-17,19H,3-8,13-14H2,1-2H3. The Balaban J connectivity index is 1.86. The zero-order valence-corrected chi connectivity index (χ0v) is 13.0. The highest BCUT2D eigenvalue weighted by Crippen LogP contribution is 2.27. The molecule has 1 aliphatic rings. The van der Waals surface area contributed by atoms with E-state index < -0.39 is 0 Å². The second kappa shape index (κ2) is 8.38. The average Bonchev–Trinajstić information content (AvgIpc) is 2.49. The first kappa shape index (κ1) is 15.5. The van der Waals surface area contributed by atoms with E-state index in [0.29, 0.717) is 6.04 Å². The van der Waals surface area contributed by atoms with Crippen LogP contribution in [0, 0.1) is 5.92 Å². The number of aromatic nitrogens is 1. The Morgan fingerprint density at radius 3 is 2.60 bits per heavy atom. The minimum atomic E-state index is 0.645. The summed E-state index contributed by atoms with van der Waals surface area (Å²) in [6, 6.07) is 4.87. The van der Waals surface area contributed by atoms with Gasteiger partial charge in [0, 0.05) is 31.5 Å². The van der Waals surface area contributed by atoms with Crippen molar-refractivity contribution >= 4 is 0 Å². The molecule has 1 aromatic heterocycles. The van der Waals surface area contributed by atoms with Gasteiger partial charge in [0.05, 0.1) is 0 Å². The van der Waals surface area contributed by atoms with E-state index in [2.05, 4.69) is 41.3 Å². The Labute approximate surface area is 123 Å². The van der Waals surface area contributed by atoms with Crippen molar-refractivity contribution in [1.82, 2.24) is 15.2 Å². The highest BCUT2D eigenvalue weighted by molar-refractivity contribution is 5.09. The zero-order valence-electron chi connectivity index (χ0n) is 13.0. The maximum atomic E-state index is 4.09. The van der Waals surface area contributed by atoms with Crippen LogP contribution in [0.15, 0.2) is 24.5 Å². The molecule has 1 saturated carbocycles. The van der Waals surface area contributed by atoms with Crippen LogP contribution in [0.5, 0.6) is 0 Å². The van der Waals surface area contributed by atoms with Crippen LogP contribution in [0.3, 0.4) is 0 Å². The molecule has 1 aromatic rings. The van der Waals surface area contributed by atoms with Crippen molar-refractivity contribution in [2.45, 2.75) is 51.6 Å². The first-order valence-electron chi connectivity index (χ1n) is 8.10. The second-order valence-electron chi connectivity index (χ2n) is 6.11. The van der Waals surface area contributed by atoms with Crippen LogP contribution in [-0.2, 0) is 6.54 Å². The van der Waals surface area contributed by atoms with Crippen molar-refractivity contribution < 1.29 is 0 Å². The fourth-order valence-corrected chi connectivity index (χ4v) is 3.38. The third-order valence-corrected chi connectivity index (χ3v) is 4.40. The maximum absolute atomic E-state index is 4.09. The smallest absolute Gasteiger partial charge is 0.0271 e. The molecule has 0 amide bonds. The lowest BCUT2D eigenvalue weighted by molar-refractivity contribution is 0.202. The van der Waals surface area contributed by atoms with Gasteiger partial charge in [-0.25, -0.2) is 0 Å². The predicted molar refractivity (Wildman–Crippen MR) is 84.6 cm³/mol. The molecule has 2 rings (SSSR count). The Kier molecular flexibility index (Phi) is 6.48. The van der Waals surface area contributed by atoms with Gasteiger partial charge in [0.25, 0.3) is 0 Å². The molecule has 1 atom stereocenters. The molecule has 20 heavy (non-hydrogen) atoms. The molecule has 0 radical (unpaired) electrons. The Morgan fingerprint density at radius 1 is 1.25 bits per heavy atom. The van der Waals surface area contributed by atoms with Crippen LogP contribution in [0.4, 0.5) is 0 Å². The van der Waals surface area contributed by atoms with E-state index in [0.717, 1.165) is 25.6 Å². The molecule has 0 bridgehead atoms. The van der Waals surface area contributed by atoms with Crippen LogP contribution in [0.1, 0.15) is 44.6 Å². The lowest BCUT2D eigenvalue weighted by atomic mass is 9.83. The predicted octanol–water partition coefficient (Wildman–Crippen LogP) is 3.07. The minimum Gasteiger partial charge on any atom is -0.313 e. The second-order valence-corrected chi connectivity index (χ2v) is 6.11. The van der Waals surface area contributed by atoms with Gasteiger partial charge in [-0.1, -0.05) is 26.2 Å². The molecule has 0 saturated heterocycles. The van der Waals surface area contributed by atoms with Gasteiger partial charge >= 0.3 is 0 Å². The van der Waals surface area contributed by atoms with Crippen LogP contribution >= 0.6 is 0 Å². The third-order valence-electron chi connectivity index (χ3n) is 4.40. The molecule has 0 aliphatic heterocycles. The van der Waals surface area contributed by atoms with Crippen molar-refractivity contribution in [2.24, 2.45) is 5.92 Å². The number of hydrogen-bond donors (Lipinski definition) is 1. The summed E-state index contributed by atoms with van der Waals surface area (Å²) in [5.74, 6) is 0.864. The molecule has 0 spiro atoms. The normalized spacial score (nSPS) is 18.4. The van der Waals surface area contributed by atoms with Crippen molar-refractivity contribution in [2.75, 3.05) is 20.1 Å². The van der Waals surface area contributed by atoms with Gasteiger partial charge in [0.1, 0.15) is 0 Å². The van der Waals surface area contributed by atoms with Crippen molar-refractivity contribution in [1.29, 1.82) is 0 Å². The van der Waals surface area contributed by atoms with Crippen molar-refractivity contribution in [3.05, 3.63) is 30.1 Å². The van der Waals surface area contributed by atoms with Crippen LogP contribution < -0.4 is 5.32 Å². The fourth-order valence-electron chi connectivity index (χ4n) is 3.38. The van der Waals surface area contributed by atoms with Gasteiger partial charge in [0.2, 0.25) is 0 Å². The summed E-state index contributed by atoms with van der Waals surface area (Å²) in [6.07, 6.45) is 10.8. The summed E-state index contributed by atoms with van der Waals surface area (Å²) in [6.45, 7) is 5.45. The summed E-state index contributed by atoms with van der Waals surface area (Å²) >= 11 is 0. The van der Waals surface area contributed by atoms with E-state index in [1.807, 2.05) is 12.4 Å². The van der Waals surface area contributed by atoms with Crippen LogP contribution in [0.2, 0.25) is 0 Å². The van der Waals surface area contributed by atoms with E-state index in [-0.39, 0.29) is 0 Å². The number of pyridine rings is 1. The van der Waals surface area contributed by atoms with Gasteiger partial charge < -0.3 is 10.2 Å². The molecule has 1 N–H and O–H groups in total.